The number of carbonyl (C=O) groups is 1. The largest absolute Gasteiger partial charge is 0.298 e. The predicted molar refractivity (Wildman–Crippen MR) is 80.9 cm³/mol. The van der Waals surface area contributed by atoms with Gasteiger partial charge in [0.1, 0.15) is 0 Å². The van der Waals surface area contributed by atoms with Crippen LogP contribution in [0.15, 0.2) is 29.2 Å². The van der Waals surface area contributed by atoms with Crippen LogP contribution in [0.25, 0.3) is 0 Å². The second-order valence-corrected chi connectivity index (χ2v) is 6.77. The van der Waals surface area contributed by atoms with Crippen LogP contribution in [0.4, 0.5) is 5.69 Å². The van der Waals surface area contributed by atoms with Gasteiger partial charge in [-0.3, -0.25) is 14.9 Å². The van der Waals surface area contributed by atoms with Crippen molar-refractivity contribution in [2.75, 3.05) is 12.0 Å². The lowest BCUT2D eigenvalue weighted by Gasteiger charge is -2.16. The lowest BCUT2D eigenvalue weighted by atomic mass is 10.2. The standard InChI is InChI=1S/C12H16N2O5S2/c1-3-11(15)9(8-20-2)13-21(18,19)12-7-5-4-6-10(12)14(16)17/h4-7,9,13H,3,8H2,1-2H3/t9-/m0/s1. The molecule has 0 unspecified atom stereocenters. The number of thioether (sulfide) groups is 1. The first kappa shape index (κ1) is 17.6. The highest BCUT2D eigenvalue weighted by molar-refractivity contribution is 7.98. The predicted octanol–water partition coefficient (Wildman–Crippen LogP) is 1.58. The Bertz CT molecular complexity index is 630. The van der Waals surface area contributed by atoms with Crippen LogP contribution in [-0.4, -0.2) is 37.2 Å². The van der Waals surface area contributed by atoms with E-state index in [-0.39, 0.29) is 18.0 Å². The molecule has 0 spiro atoms. The van der Waals surface area contributed by atoms with Crippen LogP contribution in [-0.2, 0) is 14.8 Å². The first-order chi connectivity index (χ1) is 9.83. The van der Waals surface area contributed by atoms with Crippen molar-refractivity contribution < 1.29 is 18.1 Å². The van der Waals surface area contributed by atoms with Gasteiger partial charge in [-0.15, -0.1) is 0 Å². The zero-order valence-electron chi connectivity index (χ0n) is 11.6. The van der Waals surface area contributed by atoms with Crippen LogP contribution in [0.5, 0.6) is 0 Å². The Morgan fingerprint density at radius 1 is 1.43 bits per heavy atom. The van der Waals surface area contributed by atoms with Crippen LogP contribution in [0.2, 0.25) is 0 Å². The average Bonchev–Trinajstić information content (AvgIpc) is 2.45. The first-order valence-corrected chi connectivity index (χ1v) is 8.98. The number of nitro groups is 1. The number of rotatable bonds is 8. The van der Waals surface area contributed by atoms with Gasteiger partial charge in [0, 0.05) is 18.2 Å². The molecule has 0 saturated carbocycles. The molecule has 1 atom stereocenters. The maximum atomic E-state index is 12.3. The average molecular weight is 332 g/mol. The molecule has 0 fully saturated rings. The van der Waals surface area contributed by atoms with Gasteiger partial charge in [-0.25, -0.2) is 8.42 Å². The van der Waals surface area contributed by atoms with Crippen molar-refractivity contribution in [2.45, 2.75) is 24.3 Å². The van der Waals surface area contributed by atoms with Crippen LogP contribution >= 0.6 is 11.8 Å². The van der Waals surface area contributed by atoms with Gasteiger partial charge >= 0.3 is 0 Å². The Morgan fingerprint density at radius 3 is 2.57 bits per heavy atom. The van der Waals surface area contributed by atoms with Crippen molar-refractivity contribution >= 4 is 33.3 Å². The molecule has 0 heterocycles. The van der Waals surface area contributed by atoms with Gasteiger partial charge in [-0.05, 0) is 12.3 Å². The molecule has 0 aromatic heterocycles. The lowest BCUT2D eigenvalue weighted by molar-refractivity contribution is -0.387. The van der Waals surface area contributed by atoms with Crippen LogP contribution in [0.1, 0.15) is 13.3 Å². The number of carbonyl (C=O) groups excluding carboxylic acids is 1. The third-order valence-electron chi connectivity index (χ3n) is 2.72. The van der Waals surface area contributed by atoms with E-state index in [1.54, 1.807) is 13.2 Å². The third kappa shape index (κ3) is 4.51. The number of nitrogens with one attached hydrogen (secondary N) is 1. The molecule has 1 aromatic carbocycles. The Labute approximate surface area is 127 Å². The molecule has 1 aromatic rings. The van der Waals surface area contributed by atoms with Crippen LogP contribution in [0, 0.1) is 10.1 Å². The second kappa shape index (κ2) is 7.53. The molecule has 116 valence electrons. The number of para-hydroxylation sites is 1. The molecule has 0 amide bonds. The number of benzene rings is 1. The summed E-state index contributed by atoms with van der Waals surface area (Å²) in [6.45, 7) is 1.63. The maximum absolute atomic E-state index is 12.3. The summed E-state index contributed by atoms with van der Waals surface area (Å²) in [4.78, 5) is 21.5. The smallest absolute Gasteiger partial charge is 0.289 e. The zero-order valence-corrected chi connectivity index (χ0v) is 13.2. The number of Topliss-reactive ketones (excluding diaryl/α,β-unsaturated/α-hetero) is 1. The van der Waals surface area contributed by atoms with Gasteiger partial charge in [0.15, 0.2) is 10.7 Å². The summed E-state index contributed by atoms with van der Waals surface area (Å²) < 4.78 is 26.8. The monoisotopic (exact) mass is 332 g/mol. The number of hydrogen-bond donors (Lipinski definition) is 1. The fourth-order valence-electron chi connectivity index (χ4n) is 1.69. The van der Waals surface area contributed by atoms with E-state index in [4.69, 9.17) is 0 Å². The molecular formula is C12H16N2O5S2. The van der Waals surface area contributed by atoms with Gasteiger partial charge < -0.3 is 0 Å². The van der Waals surface area contributed by atoms with E-state index >= 15 is 0 Å². The lowest BCUT2D eigenvalue weighted by Crippen LogP contribution is -2.42. The minimum atomic E-state index is -4.14. The molecule has 0 saturated heterocycles. The van der Waals surface area contributed by atoms with E-state index in [1.165, 1.54) is 23.9 Å². The topological polar surface area (TPSA) is 106 Å². The van der Waals surface area contributed by atoms with Gasteiger partial charge in [-0.2, -0.15) is 16.5 Å². The Balaban J connectivity index is 3.16. The first-order valence-electron chi connectivity index (χ1n) is 6.10. The van der Waals surface area contributed by atoms with Crippen molar-refractivity contribution in [3.8, 4) is 0 Å². The van der Waals surface area contributed by atoms with Crippen molar-refractivity contribution in [3.05, 3.63) is 34.4 Å². The highest BCUT2D eigenvalue weighted by Gasteiger charge is 2.29. The summed E-state index contributed by atoms with van der Waals surface area (Å²) >= 11 is 1.32. The minimum Gasteiger partial charge on any atom is -0.298 e. The SMILES string of the molecule is CCC(=O)[C@H](CSC)NS(=O)(=O)c1ccccc1[N+](=O)[O-]. The van der Waals surface area contributed by atoms with E-state index in [0.717, 1.165) is 12.1 Å². The zero-order chi connectivity index (χ0) is 16.0. The summed E-state index contributed by atoms with van der Waals surface area (Å²) in [7, 11) is -4.14. The van der Waals surface area contributed by atoms with Gasteiger partial charge in [0.25, 0.3) is 5.69 Å². The van der Waals surface area contributed by atoms with Crippen molar-refractivity contribution in [1.82, 2.24) is 4.72 Å². The van der Waals surface area contributed by atoms with E-state index in [9.17, 15) is 23.3 Å². The van der Waals surface area contributed by atoms with Crippen molar-refractivity contribution in [1.29, 1.82) is 0 Å². The van der Waals surface area contributed by atoms with E-state index in [0.29, 0.717) is 0 Å². The minimum absolute atomic E-state index is 0.185. The van der Waals surface area contributed by atoms with Crippen LogP contribution in [0.3, 0.4) is 0 Å². The highest BCUT2D eigenvalue weighted by Crippen LogP contribution is 2.23. The fourth-order valence-corrected chi connectivity index (χ4v) is 3.79. The fraction of sp³-hybridized carbons (Fsp3) is 0.417. The summed E-state index contributed by atoms with van der Waals surface area (Å²) in [5.41, 5.74) is -0.517. The van der Waals surface area contributed by atoms with Crippen molar-refractivity contribution in [3.63, 3.8) is 0 Å². The molecule has 0 radical (unpaired) electrons. The highest BCUT2D eigenvalue weighted by atomic mass is 32.2. The molecule has 7 nitrogen and oxygen atoms in total. The molecule has 0 aliphatic carbocycles. The van der Waals surface area contributed by atoms with E-state index in [1.807, 2.05) is 0 Å². The third-order valence-corrected chi connectivity index (χ3v) is 4.91. The summed E-state index contributed by atoms with van der Waals surface area (Å²) in [6, 6.07) is 4.14. The number of ketones is 1. The molecule has 21 heavy (non-hydrogen) atoms. The molecule has 9 heteroatoms. The molecule has 0 aliphatic heterocycles. The van der Waals surface area contributed by atoms with E-state index < -0.39 is 31.6 Å². The number of sulfonamides is 1. The number of nitrogens with zero attached hydrogens (tertiary/aromatic N) is 1. The molecule has 1 N–H and O–H groups in total. The Hall–Kier alpha value is -1.45. The summed E-state index contributed by atoms with van der Waals surface area (Å²) in [6.07, 6.45) is 1.93. The van der Waals surface area contributed by atoms with E-state index in [2.05, 4.69) is 4.72 Å². The summed E-state index contributed by atoms with van der Waals surface area (Å²) in [5, 5.41) is 10.9. The van der Waals surface area contributed by atoms with Gasteiger partial charge in [-0.1, -0.05) is 19.1 Å². The second-order valence-electron chi connectivity index (χ2n) is 4.17. The molecule has 0 bridgehead atoms. The normalized spacial score (nSPS) is 12.9. The number of hydrogen-bond acceptors (Lipinski definition) is 6. The molecular weight excluding hydrogens is 316 g/mol. The van der Waals surface area contributed by atoms with Crippen molar-refractivity contribution in [2.24, 2.45) is 0 Å². The summed E-state index contributed by atoms with van der Waals surface area (Å²) in [5.74, 6) is 0.0125. The Morgan fingerprint density at radius 2 is 2.05 bits per heavy atom. The quantitative estimate of drug-likeness (QED) is 0.572. The molecule has 0 aliphatic rings. The maximum Gasteiger partial charge on any atom is 0.289 e. The Kier molecular flexibility index (Phi) is 6.31. The molecule has 1 rings (SSSR count). The van der Waals surface area contributed by atoms with Crippen LogP contribution < -0.4 is 4.72 Å². The number of nitro benzene ring substituents is 1. The van der Waals surface area contributed by atoms with Gasteiger partial charge in [0.05, 0.1) is 11.0 Å². The van der Waals surface area contributed by atoms with Gasteiger partial charge in [0.2, 0.25) is 10.0 Å².